The van der Waals surface area contributed by atoms with Crippen molar-refractivity contribution in [3.63, 3.8) is 0 Å². The molecular formula is C27H30FN5O2. The van der Waals surface area contributed by atoms with Gasteiger partial charge in [-0.3, -0.25) is 9.69 Å². The topological polar surface area (TPSA) is 79.4 Å². The Bertz CT molecular complexity index is 1290. The lowest BCUT2D eigenvalue weighted by atomic mass is 9.68. The van der Waals surface area contributed by atoms with E-state index in [1.165, 1.54) is 38.1 Å². The number of hydrogen-bond acceptors (Lipinski definition) is 6. The molecular weight excluding hydrogens is 445 g/mol. The Morgan fingerprint density at radius 2 is 2.09 bits per heavy atom. The number of aryl methyl sites for hydroxylation is 1. The number of halogens is 1. The Morgan fingerprint density at radius 1 is 1.23 bits per heavy atom. The summed E-state index contributed by atoms with van der Waals surface area (Å²) in [5, 5.41) is 6.85. The summed E-state index contributed by atoms with van der Waals surface area (Å²) in [6, 6.07) is 8.34. The zero-order valence-corrected chi connectivity index (χ0v) is 20.1. The van der Waals surface area contributed by atoms with E-state index in [0.29, 0.717) is 44.8 Å². The molecule has 182 valence electrons. The molecule has 1 saturated heterocycles. The van der Waals surface area contributed by atoms with E-state index in [9.17, 15) is 9.18 Å². The number of likely N-dealkylation sites (tertiary alicyclic amines) is 1. The number of nitrogens with one attached hydrogen (secondary N) is 2. The molecule has 1 aliphatic heterocycles. The Morgan fingerprint density at radius 3 is 2.80 bits per heavy atom. The Hall–Kier alpha value is -3.52. The van der Waals surface area contributed by atoms with Crippen LogP contribution in [0.15, 0.2) is 48.8 Å². The molecule has 1 aliphatic carbocycles. The fraction of sp³-hybridized carbons (Fsp3) is 0.370. The second-order valence-corrected chi connectivity index (χ2v) is 9.61. The van der Waals surface area contributed by atoms with Crippen LogP contribution in [0.2, 0.25) is 0 Å². The van der Waals surface area contributed by atoms with Gasteiger partial charge in [0.25, 0.3) is 0 Å². The highest BCUT2D eigenvalue weighted by Gasteiger charge is 2.42. The molecule has 0 atom stereocenters. The molecule has 5 rings (SSSR count). The number of benzene rings is 2. The van der Waals surface area contributed by atoms with Crippen LogP contribution in [0.25, 0.3) is 10.9 Å². The lowest BCUT2D eigenvalue weighted by Gasteiger charge is -2.38. The van der Waals surface area contributed by atoms with Crippen molar-refractivity contribution in [1.82, 2.24) is 14.9 Å². The number of amides is 1. The third kappa shape index (κ3) is 4.98. The van der Waals surface area contributed by atoms with Crippen molar-refractivity contribution in [1.29, 1.82) is 0 Å². The van der Waals surface area contributed by atoms with Gasteiger partial charge in [0.05, 0.1) is 18.3 Å². The average molecular weight is 476 g/mol. The molecule has 0 radical (unpaired) electrons. The number of rotatable bonds is 7. The van der Waals surface area contributed by atoms with Crippen LogP contribution in [-0.4, -0.2) is 47.5 Å². The highest BCUT2D eigenvalue weighted by molar-refractivity contribution is 6.03. The smallest absolute Gasteiger partial charge is 0.248 e. The van der Waals surface area contributed by atoms with Gasteiger partial charge in [-0.15, -0.1) is 0 Å². The third-order valence-electron chi connectivity index (χ3n) is 7.20. The third-order valence-corrected chi connectivity index (χ3v) is 7.20. The minimum atomic E-state index is -0.266. The number of nitrogens with zero attached hydrogens (tertiary/aromatic N) is 3. The van der Waals surface area contributed by atoms with E-state index in [-0.39, 0.29) is 11.7 Å². The maximum atomic E-state index is 13.7. The van der Waals surface area contributed by atoms with Gasteiger partial charge in [0, 0.05) is 36.3 Å². The molecule has 1 saturated carbocycles. The first-order valence-corrected chi connectivity index (χ1v) is 12.0. The van der Waals surface area contributed by atoms with Gasteiger partial charge in [-0.25, -0.2) is 14.4 Å². The van der Waals surface area contributed by atoms with Crippen LogP contribution in [0.1, 0.15) is 31.2 Å². The second kappa shape index (κ2) is 9.62. The zero-order valence-electron chi connectivity index (χ0n) is 20.1. The zero-order chi connectivity index (χ0) is 24.4. The first kappa shape index (κ1) is 23.2. The lowest BCUT2D eigenvalue weighted by molar-refractivity contribution is -0.111. The van der Waals surface area contributed by atoms with Crippen LogP contribution in [-0.2, 0) is 4.79 Å². The van der Waals surface area contributed by atoms with E-state index in [0.717, 1.165) is 19.6 Å². The van der Waals surface area contributed by atoms with Gasteiger partial charge in [-0.1, -0.05) is 12.5 Å². The largest absolute Gasteiger partial charge is 0.494 e. The van der Waals surface area contributed by atoms with Crippen molar-refractivity contribution in [2.45, 2.75) is 32.6 Å². The van der Waals surface area contributed by atoms with Gasteiger partial charge in [0.15, 0.2) is 0 Å². The lowest BCUT2D eigenvalue weighted by Crippen LogP contribution is -2.33. The molecule has 2 aliphatic rings. The molecule has 0 bridgehead atoms. The van der Waals surface area contributed by atoms with Crippen LogP contribution in [0.4, 0.5) is 21.6 Å². The molecule has 2 fully saturated rings. The molecule has 0 unspecified atom stereocenters. The van der Waals surface area contributed by atoms with E-state index in [4.69, 9.17) is 4.74 Å². The summed E-state index contributed by atoms with van der Waals surface area (Å²) in [4.78, 5) is 23.8. The molecule has 2 N–H and O–H groups in total. The van der Waals surface area contributed by atoms with Crippen LogP contribution in [0.3, 0.4) is 0 Å². The molecule has 1 spiro atoms. The molecule has 35 heavy (non-hydrogen) atoms. The number of carbonyl (C=O) groups is 1. The van der Waals surface area contributed by atoms with Crippen molar-refractivity contribution in [3.8, 4) is 5.75 Å². The molecule has 7 nitrogen and oxygen atoms in total. The number of ether oxygens (including phenoxy) is 1. The normalized spacial score (nSPS) is 17.1. The van der Waals surface area contributed by atoms with Crippen LogP contribution >= 0.6 is 0 Å². The standard InChI is InChI=1S/C27H30FN5O2/c1-18-13-19(6-7-21(18)28)31-26-20-14-23(24(35-2)15-22(20)29-17-30-26)32-25(34)5-3-11-33-12-10-27(16-33)8-4-9-27/h3,5-7,13-15,17H,4,8-12,16H2,1-2H3,(H,32,34)(H,29,30,31)/b5-3+. The highest BCUT2D eigenvalue weighted by atomic mass is 19.1. The number of aromatic nitrogens is 2. The van der Waals surface area contributed by atoms with Gasteiger partial charge >= 0.3 is 0 Å². The van der Waals surface area contributed by atoms with Gasteiger partial charge in [-0.2, -0.15) is 0 Å². The first-order chi connectivity index (χ1) is 16.9. The number of hydrogen-bond donors (Lipinski definition) is 2. The summed E-state index contributed by atoms with van der Waals surface area (Å²) in [5.41, 5.74) is 2.98. The summed E-state index contributed by atoms with van der Waals surface area (Å²) in [7, 11) is 1.55. The van der Waals surface area contributed by atoms with E-state index < -0.39 is 0 Å². The number of fused-ring (bicyclic) bond motifs is 1. The Kier molecular flexibility index (Phi) is 6.38. The minimum absolute atomic E-state index is 0.222. The average Bonchev–Trinajstić information content (AvgIpc) is 3.27. The predicted molar refractivity (Wildman–Crippen MR) is 136 cm³/mol. The van der Waals surface area contributed by atoms with Crippen LogP contribution < -0.4 is 15.4 Å². The van der Waals surface area contributed by atoms with Crippen LogP contribution in [0, 0.1) is 18.2 Å². The number of methoxy groups -OCH3 is 1. The molecule has 3 aromatic rings. The summed E-state index contributed by atoms with van der Waals surface area (Å²) < 4.78 is 19.2. The predicted octanol–water partition coefficient (Wildman–Crippen LogP) is 5.20. The van der Waals surface area contributed by atoms with E-state index in [1.807, 2.05) is 6.08 Å². The fourth-order valence-corrected chi connectivity index (χ4v) is 5.06. The van der Waals surface area contributed by atoms with Crippen molar-refractivity contribution < 1.29 is 13.9 Å². The minimum Gasteiger partial charge on any atom is -0.494 e. The number of anilines is 3. The monoisotopic (exact) mass is 475 g/mol. The molecule has 1 amide bonds. The van der Waals surface area contributed by atoms with Crippen molar-refractivity contribution in [2.24, 2.45) is 5.41 Å². The quantitative estimate of drug-likeness (QED) is 0.457. The highest BCUT2D eigenvalue weighted by Crippen LogP contribution is 2.47. The van der Waals surface area contributed by atoms with Crippen molar-refractivity contribution >= 4 is 34.0 Å². The van der Waals surface area contributed by atoms with Crippen LogP contribution in [0.5, 0.6) is 5.75 Å². The van der Waals surface area contributed by atoms with E-state index >= 15 is 0 Å². The van der Waals surface area contributed by atoms with Crippen molar-refractivity contribution in [2.75, 3.05) is 37.4 Å². The summed E-state index contributed by atoms with van der Waals surface area (Å²) >= 11 is 0. The summed E-state index contributed by atoms with van der Waals surface area (Å²) in [6.45, 7) is 4.73. The molecule has 2 heterocycles. The summed E-state index contributed by atoms with van der Waals surface area (Å²) in [5.74, 6) is 0.570. The van der Waals surface area contributed by atoms with Gasteiger partial charge in [0.2, 0.25) is 5.91 Å². The maximum absolute atomic E-state index is 13.7. The molecule has 2 aromatic carbocycles. The Balaban J connectivity index is 1.31. The number of carbonyl (C=O) groups excluding carboxylic acids is 1. The molecule has 1 aromatic heterocycles. The van der Waals surface area contributed by atoms with E-state index in [1.54, 1.807) is 44.4 Å². The maximum Gasteiger partial charge on any atom is 0.248 e. The Labute approximate surface area is 204 Å². The van der Waals surface area contributed by atoms with Gasteiger partial charge < -0.3 is 15.4 Å². The van der Waals surface area contributed by atoms with Crippen molar-refractivity contribution in [3.05, 3.63) is 60.2 Å². The summed E-state index contributed by atoms with van der Waals surface area (Å²) in [6.07, 6.45) is 10.3. The SMILES string of the molecule is COc1cc2ncnc(Nc3ccc(F)c(C)c3)c2cc1NC(=O)/C=C/CN1CCC2(CCC2)C1. The molecule has 8 heteroatoms. The van der Waals surface area contributed by atoms with E-state index in [2.05, 4.69) is 25.5 Å². The first-order valence-electron chi connectivity index (χ1n) is 12.0. The van der Waals surface area contributed by atoms with Gasteiger partial charge in [-0.05, 0) is 68.0 Å². The fourth-order valence-electron chi connectivity index (χ4n) is 5.06. The second-order valence-electron chi connectivity index (χ2n) is 9.61. The van der Waals surface area contributed by atoms with Gasteiger partial charge in [0.1, 0.15) is 23.7 Å².